The Kier molecular flexibility index (Phi) is 5.05. The zero-order chi connectivity index (χ0) is 20.5. The van der Waals surface area contributed by atoms with Crippen molar-refractivity contribution in [2.75, 3.05) is 0 Å². The highest BCUT2D eigenvalue weighted by atomic mass is 32.2. The second-order valence-corrected chi connectivity index (χ2v) is 6.41. The molecule has 0 fully saturated rings. The lowest BCUT2D eigenvalue weighted by molar-refractivity contribution is -0.400. The largest absolute Gasteiger partial charge is 0.416 e. The first-order valence-corrected chi connectivity index (χ1v) is 8.31. The first-order chi connectivity index (χ1) is 13.2. The van der Waals surface area contributed by atoms with E-state index in [0.717, 1.165) is 5.56 Å². The fourth-order valence-electron chi connectivity index (χ4n) is 2.35. The highest BCUT2D eigenvalue weighted by molar-refractivity contribution is 7.99. The third-order valence-electron chi connectivity index (χ3n) is 3.59. The van der Waals surface area contributed by atoms with Crippen molar-refractivity contribution in [3.63, 3.8) is 0 Å². The topological polar surface area (TPSA) is 115 Å². The van der Waals surface area contributed by atoms with Crippen molar-refractivity contribution < 1.29 is 23.0 Å². The molecule has 0 spiro atoms. The Morgan fingerprint density at radius 3 is 2.07 bits per heavy atom. The first-order valence-electron chi connectivity index (χ1n) is 7.49. The SMILES string of the molecule is O=[N+]([O-])c1cc(C(F)(F)F)cc([N+](=O)[O-])c1Sc1nc(-c2ccccc2)c[nH]1. The van der Waals surface area contributed by atoms with Crippen LogP contribution in [0.3, 0.4) is 0 Å². The zero-order valence-electron chi connectivity index (χ0n) is 13.6. The number of halogens is 3. The molecule has 0 amide bonds. The molecule has 1 aromatic heterocycles. The van der Waals surface area contributed by atoms with Crippen LogP contribution in [0.25, 0.3) is 11.3 Å². The molecule has 3 aromatic rings. The summed E-state index contributed by atoms with van der Waals surface area (Å²) in [6, 6.07) is 9.39. The van der Waals surface area contributed by atoms with E-state index >= 15 is 0 Å². The quantitative estimate of drug-likeness (QED) is 0.464. The fraction of sp³-hybridized carbons (Fsp3) is 0.0625. The van der Waals surface area contributed by atoms with Crippen LogP contribution in [0.4, 0.5) is 24.5 Å². The van der Waals surface area contributed by atoms with Gasteiger partial charge in [0.05, 0.1) is 21.1 Å². The Hall–Kier alpha value is -3.41. The van der Waals surface area contributed by atoms with Crippen LogP contribution in [0.2, 0.25) is 0 Å². The average molecular weight is 410 g/mol. The first kappa shape index (κ1) is 19.4. The van der Waals surface area contributed by atoms with Crippen molar-refractivity contribution >= 4 is 23.1 Å². The van der Waals surface area contributed by atoms with Crippen LogP contribution in [-0.2, 0) is 6.18 Å². The fourth-order valence-corrected chi connectivity index (χ4v) is 3.28. The van der Waals surface area contributed by atoms with Crippen molar-refractivity contribution in [2.24, 2.45) is 0 Å². The lowest BCUT2D eigenvalue weighted by atomic mass is 10.1. The second kappa shape index (κ2) is 7.31. The molecule has 1 N–H and O–H groups in total. The zero-order valence-corrected chi connectivity index (χ0v) is 14.5. The minimum Gasteiger partial charge on any atom is -0.339 e. The van der Waals surface area contributed by atoms with Crippen LogP contribution < -0.4 is 0 Å². The molecule has 0 radical (unpaired) electrons. The lowest BCUT2D eigenvalue weighted by Crippen LogP contribution is -2.08. The number of aromatic nitrogens is 2. The summed E-state index contributed by atoms with van der Waals surface area (Å²) in [5, 5.41) is 22.6. The molecule has 0 aliphatic rings. The molecular weight excluding hydrogens is 401 g/mol. The van der Waals surface area contributed by atoms with Crippen LogP contribution in [0.1, 0.15) is 5.56 Å². The Morgan fingerprint density at radius 1 is 1.00 bits per heavy atom. The van der Waals surface area contributed by atoms with E-state index in [-0.39, 0.29) is 17.3 Å². The smallest absolute Gasteiger partial charge is 0.339 e. The summed E-state index contributed by atoms with van der Waals surface area (Å²) in [6.45, 7) is 0. The van der Waals surface area contributed by atoms with Crippen LogP contribution in [0.5, 0.6) is 0 Å². The Morgan fingerprint density at radius 2 is 1.57 bits per heavy atom. The summed E-state index contributed by atoms with van der Waals surface area (Å²) >= 11 is 0.515. The van der Waals surface area contributed by atoms with Gasteiger partial charge in [-0.25, -0.2) is 4.98 Å². The van der Waals surface area contributed by atoms with E-state index in [1.807, 2.05) is 0 Å². The van der Waals surface area contributed by atoms with Gasteiger partial charge in [-0.15, -0.1) is 0 Å². The van der Waals surface area contributed by atoms with Crippen molar-refractivity contribution in [1.82, 2.24) is 9.97 Å². The minimum absolute atomic E-state index is 0.0600. The molecule has 0 bridgehead atoms. The van der Waals surface area contributed by atoms with Crippen molar-refractivity contribution in [2.45, 2.75) is 16.2 Å². The molecule has 0 saturated heterocycles. The summed E-state index contributed by atoms with van der Waals surface area (Å²) in [5.74, 6) is 0. The summed E-state index contributed by atoms with van der Waals surface area (Å²) in [6.07, 6.45) is -3.48. The van der Waals surface area contributed by atoms with Crippen LogP contribution in [-0.4, -0.2) is 19.8 Å². The Bertz CT molecular complexity index is 1020. The number of nitrogens with one attached hydrogen (secondary N) is 1. The molecule has 144 valence electrons. The number of nitro groups is 2. The number of alkyl halides is 3. The van der Waals surface area contributed by atoms with E-state index < -0.39 is 37.9 Å². The molecule has 0 aliphatic heterocycles. The predicted molar refractivity (Wildman–Crippen MR) is 92.9 cm³/mol. The third kappa shape index (κ3) is 3.96. The predicted octanol–water partition coefficient (Wildman–Crippen LogP) is 5.06. The summed E-state index contributed by atoms with van der Waals surface area (Å²) < 4.78 is 38.9. The molecule has 8 nitrogen and oxygen atoms in total. The van der Waals surface area contributed by atoms with Crippen molar-refractivity contribution in [3.8, 4) is 11.3 Å². The number of nitrogens with zero attached hydrogens (tertiary/aromatic N) is 3. The van der Waals surface area contributed by atoms with E-state index in [0.29, 0.717) is 17.5 Å². The van der Waals surface area contributed by atoms with Gasteiger partial charge in [0, 0.05) is 23.9 Å². The van der Waals surface area contributed by atoms with Gasteiger partial charge in [-0.3, -0.25) is 20.2 Å². The molecule has 0 saturated carbocycles. The number of H-pyrrole nitrogens is 1. The van der Waals surface area contributed by atoms with E-state index in [4.69, 9.17) is 0 Å². The van der Waals surface area contributed by atoms with E-state index in [2.05, 4.69) is 9.97 Å². The maximum Gasteiger partial charge on any atom is 0.416 e. The Balaban J connectivity index is 2.07. The molecule has 12 heteroatoms. The van der Waals surface area contributed by atoms with Crippen LogP contribution >= 0.6 is 11.8 Å². The monoisotopic (exact) mass is 410 g/mol. The third-order valence-corrected chi connectivity index (χ3v) is 4.62. The van der Waals surface area contributed by atoms with Gasteiger partial charge >= 0.3 is 6.18 Å². The van der Waals surface area contributed by atoms with Gasteiger partial charge in [-0.1, -0.05) is 30.3 Å². The van der Waals surface area contributed by atoms with E-state index in [1.54, 1.807) is 30.3 Å². The van der Waals surface area contributed by atoms with Gasteiger partial charge < -0.3 is 4.98 Å². The summed E-state index contributed by atoms with van der Waals surface area (Å²) in [7, 11) is 0. The molecular formula is C16H9F3N4O4S. The molecule has 0 unspecified atom stereocenters. The number of rotatable bonds is 5. The normalized spacial score (nSPS) is 11.4. The number of imidazole rings is 1. The average Bonchev–Trinajstić information content (AvgIpc) is 3.09. The van der Waals surface area contributed by atoms with E-state index in [9.17, 15) is 33.4 Å². The number of aromatic amines is 1. The van der Waals surface area contributed by atoms with Gasteiger partial charge in [-0.05, 0) is 11.8 Å². The molecule has 1 heterocycles. The molecule has 0 atom stereocenters. The molecule has 28 heavy (non-hydrogen) atoms. The maximum absolute atomic E-state index is 13.0. The summed E-state index contributed by atoms with van der Waals surface area (Å²) in [5.41, 5.74) is -2.32. The van der Waals surface area contributed by atoms with Gasteiger partial charge in [0.2, 0.25) is 0 Å². The van der Waals surface area contributed by atoms with Crippen LogP contribution in [0, 0.1) is 20.2 Å². The van der Waals surface area contributed by atoms with Gasteiger partial charge in [0.15, 0.2) is 10.1 Å². The number of hydrogen-bond donors (Lipinski definition) is 1. The maximum atomic E-state index is 13.0. The van der Waals surface area contributed by atoms with Crippen molar-refractivity contribution in [3.05, 3.63) is 74.5 Å². The van der Waals surface area contributed by atoms with Gasteiger partial charge in [-0.2, -0.15) is 13.2 Å². The van der Waals surface area contributed by atoms with Gasteiger partial charge in [0.1, 0.15) is 0 Å². The van der Waals surface area contributed by atoms with Gasteiger partial charge in [0.25, 0.3) is 11.4 Å². The molecule has 3 rings (SSSR count). The Labute approximate surface area is 158 Å². The molecule has 0 aliphatic carbocycles. The number of nitro benzene ring substituents is 2. The van der Waals surface area contributed by atoms with E-state index in [1.165, 1.54) is 6.20 Å². The number of benzene rings is 2. The molecule has 2 aromatic carbocycles. The van der Waals surface area contributed by atoms with Crippen LogP contribution in [0.15, 0.2) is 58.7 Å². The highest BCUT2D eigenvalue weighted by Crippen LogP contribution is 2.44. The second-order valence-electron chi connectivity index (χ2n) is 5.41. The minimum atomic E-state index is -4.97. The summed E-state index contributed by atoms with van der Waals surface area (Å²) in [4.78, 5) is 26.7. The lowest BCUT2D eigenvalue weighted by Gasteiger charge is -2.09. The number of hydrogen-bond acceptors (Lipinski definition) is 6. The van der Waals surface area contributed by atoms with Crippen molar-refractivity contribution in [1.29, 1.82) is 0 Å². The standard InChI is InChI=1S/C16H9F3N4O4S/c17-16(18,19)10-6-12(22(24)25)14(13(7-10)23(26)27)28-15-20-8-11(21-15)9-4-2-1-3-5-9/h1-8H,(H,20,21). The highest BCUT2D eigenvalue weighted by Gasteiger charge is 2.38.